The van der Waals surface area contributed by atoms with E-state index in [9.17, 15) is 0 Å². The molecule has 0 radical (unpaired) electrons. The number of benzene rings is 1. The molecule has 1 saturated heterocycles. The molecule has 1 fully saturated rings. The van der Waals surface area contributed by atoms with Crippen LogP contribution in [0.3, 0.4) is 0 Å². The van der Waals surface area contributed by atoms with Crippen LogP contribution >= 0.6 is 0 Å². The van der Waals surface area contributed by atoms with Gasteiger partial charge in [-0.25, -0.2) is 9.97 Å². The van der Waals surface area contributed by atoms with E-state index in [1.807, 2.05) is 55.1 Å². The van der Waals surface area contributed by atoms with Crippen molar-refractivity contribution in [1.82, 2.24) is 19.9 Å². The van der Waals surface area contributed by atoms with Crippen LogP contribution in [-0.4, -0.2) is 33.5 Å². The van der Waals surface area contributed by atoms with Crippen molar-refractivity contribution in [2.45, 2.75) is 31.8 Å². The molecule has 2 aromatic heterocycles. The zero-order valence-corrected chi connectivity index (χ0v) is 15.6. The van der Waals surface area contributed by atoms with Gasteiger partial charge in [-0.3, -0.25) is 9.88 Å². The minimum absolute atomic E-state index is 0.425. The molecule has 1 aliphatic heterocycles. The van der Waals surface area contributed by atoms with Crippen molar-refractivity contribution in [2.24, 2.45) is 0 Å². The van der Waals surface area contributed by atoms with Crippen LogP contribution in [0, 0.1) is 0 Å². The van der Waals surface area contributed by atoms with Crippen LogP contribution in [0.25, 0.3) is 11.4 Å². The summed E-state index contributed by atoms with van der Waals surface area (Å²) in [6, 6.07) is 12.5. The van der Waals surface area contributed by atoms with Gasteiger partial charge in [-0.2, -0.15) is 0 Å². The molecule has 0 amide bonds. The van der Waals surface area contributed by atoms with E-state index in [4.69, 9.17) is 4.74 Å². The van der Waals surface area contributed by atoms with Gasteiger partial charge < -0.3 is 4.74 Å². The first kappa shape index (κ1) is 17.6. The van der Waals surface area contributed by atoms with Crippen LogP contribution in [0.15, 0.2) is 61.2 Å². The summed E-state index contributed by atoms with van der Waals surface area (Å²) < 4.78 is 5.20. The van der Waals surface area contributed by atoms with Crippen LogP contribution in [0.2, 0.25) is 0 Å². The zero-order chi connectivity index (χ0) is 18.5. The van der Waals surface area contributed by atoms with Gasteiger partial charge >= 0.3 is 0 Å². The van der Waals surface area contributed by atoms with E-state index in [2.05, 4.69) is 25.9 Å². The number of rotatable bonds is 5. The highest BCUT2D eigenvalue weighted by Crippen LogP contribution is 2.31. The van der Waals surface area contributed by atoms with E-state index in [-0.39, 0.29) is 0 Å². The molecule has 3 heterocycles. The fourth-order valence-electron chi connectivity index (χ4n) is 3.69. The SMILES string of the molecule is COc1ccc(-c2ncc(CN3CCCC[C@H]3c3cccnc3)cn2)cc1. The van der Waals surface area contributed by atoms with Crippen LogP contribution in [-0.2, 0) is 6.54 Å². The number of methoxy groups -OCH3 is 1. The highest BCUT2D eigenvalue weighted by Gasteiger charge is 2.24. The topological polar surface area (TPSA) is 51.1 Å². The van der Waals surface area contributed by atoms with Crippen molar-refractivity contribution in [3.63, 3.8) is 0 Å². The number of piperidine rings is 1. The lowest BCUT2D eigenvalue weighted by Gasteiger charge is -2.35. The Morgan fingerprint density at radius 3 is 2.56 bits per heavy atom. The molecular weight excluding hydrogens is 336 g/mol. The first-order valence-electron chi connectivity index (χ1n) is 9.43. The van der Waals surface area contributed by atoms with Crippen molar-refractivity contribution in [1.29, 1.82) is 0 Å². The van der Waals surface area contributed by atoms with Crippen LogP contribution in [0.4, 0.5) is 0 Å². The van der Waals surface area contributed by atoms with E-state index in [1.54, 1.807) is 7.11 Å². The maximum absolute atomic E-state index is 5.20. The summed E-state index contributed by atoms with van der Waals surface area (Å²) in [5, 5.41) is 0. The van der Waals surface area contributed by atoms with Crippen LogP contribution < -0.4 is 4.74 Å². The molecule has 1 atom stereocenters. The Hall–Kier alpha value is -2.79. The van der Waals surface area contributed by atoms with Crippen molar-refractivity contribution in [2.75, 3.05) is 13.7 Å². The molecule has 1 aromatic carbocycles. The predicted molar refractivity (Wildman–Crippen MR) is 105 cm³/mol. The molecule has 4 rings (SSSR count). The van der Waals surface area contributed by atoms with Gasteiger partial charge in [0, 0.05) is 48.5 Å². The minimum atomic E-state index is 0.425. The second-order valence-corrected chi connectivity index (χ2v) is 6.91. The first-order chi connectivity index (χ1) is 13.3. The predicted octanol–water partition coefficient (Wildman–Crippen LogP) is 4.27. The van der Waals surface area contributed by atoms with Crippen LogP contribution in [0.5, 0.6) is 5.75 Å². The maximum atomic E-state index is 5.20. The van der Waals surface area contributed by atoms with Crippen molar-refractivity contribution in [3.8, 4) is 17.1 Å². The molecule has 138 valence electrons. The molecule has 0 bridgehead atoms. The van der Waals surface area contributed by atoms with Gasteiger partial charge in [-0.15, -0.1) is 0 Å². The first-order valence-corrected chi connectivity index (χ1v) is 9.43. The molecular formula is C22H24N4O. The smallest absolute Gasteiger partial charge is 0.159 e. The Labute approximate surface area is 160 Å². The number of pyridine rings is 1. The Kier molecular flexibility index (Phi) is 5.39. The zero-order valence-electron chi connectivity index (χ0n) is 15.6. The molecule has 1 aliphatic rings. The third kappa shape index (κ3) is 4.14. The lowest BCUT2D eigenvalue weighted by Crippen LogP contribution is -2.33. The normalized spacial score (nSPS) is 17.6. The standard InChI is InChI=1S/C22H24N4O/c1-27-20-9-7-18(8-10-20)22-24-13-17(14-25-22)16-26-12-3-2-6-21(26)19-5-4-11-23-15-19/h4-5,7-11,13-15,21H,2-3,6,12,16H2,1H3/t21-/m0/s1. The van der Waals surface area contributed by atoms with Crippen molar-refractivity contribution in [3.05, 3.63) is 72.3 Å². The highest BCUT2D eigenvalue weighted by molar-refractivity contribution is 5.55. The Morgan fingerprint density at radius 2 is 1.85 bits per heavy atom. The number of ether oxygens (including phenoxy) is 1. The third-order valence-corrected chi connectivity index (χ3v) is 5.12. The molecule has 0 spiro atoms. The second-order valence-electron chi connectivity index (χ2n) is 6.91. The number of aromatic nitrogens is 3. The molecule has 5 nitrogen and oxygen atoms in total. The van der Waals surface area contributed by atoms with Crippen molar-refractivity contribution < 1.29 is 4.74 Å². The fraction of sp³-hybridized carbons (Fsp3) is 0.318. The summed E-state index contributed by atoms with van der Waals surface area (Å²) in [4.78, 5) is 16.0. The van der Waals surface area contributed by atoms with E-state index in [0.717, 1.165) is 35.8 Å². The lowest BCUT2D eigenvalue weighted by molar-refractivity contribution is 0.140. The second kappa shape index (κ2) is 8.27. The molecule has 5 heteroatoms. The van der Waals surface area contributed by atoms with Crippen molar-refractivity contribution >= 4 is 0 Å². The molecule has 0 aliphatic carbocycles. The fourth-order valence-corrected chi connectivity index (χ4v) is 3.69. The summed E-state index contributed by atoms with van der Waals surface area (Å²) in [5.74, 6) is 1.57. The molecule has 0 N–H and O–H groups in total. The third-order valence-electron chi connectivity index (χ3n) is 5.12. The van der Waals surface area contributed by atoms with E-state index in [0.29, 0.717) is 6.04 Å². The van der Waals surface area contributed by atoms with Gasteiger partial charge in [-0.1, -0.05) is 12.5 Å². The summed E-state index contributed by atoms with van der Waals surface area (Å²) in [5.41, 5.74) is 3.43. The Bertz CT molecular complexity index is 850. The van der Waals surface area contributed by atoms with Crippen LogP contribution in [0.1, 0.15) is 36.4 Å². The van der Waals surface area contributed by atoms with Gasteiger partial charge in [0.1, 0.15) is 5.75 Å². The number of hydrogen-bond donors (Lipinski definition) is 0. The number of hydrogen-bond acceptors (Lipinski definition) is 5. The van der Waals surface area contributed by atoms with Gasteiger partial charge in [-0.05, 0) is 55.3 Å². The monoisotopic (exact) mass is 360 g/mol. The quantitative estimate of drug-likeness (QED) is 0.680. The summed E-state index contributed by atoms with van der Waals surface area (Å²) >= 11 is 0. The van der Waals surface area contributed by atoms with E-state index < -0.39 is 0 Å². The van der Waals surface area contributed by atoms with E-state index in [1.165, 1.54) is 24.8 Å². The average Bonchev–Trinajstić information content (AvgIpc) is 2.75. The molecule has 0 saturated carbocycles. The highest BCUT2D eigenvalue weighted by atomic mass is 16.5. The largest absolute Gasteiger partial charge is 0.497 e. The summed E-state index contributed by atoms with van der Waals surface area (Å²) in [7, 11) is 1.67. The summed E-state index contributed by atoms with van der Waals surface area (Å²) in [6.45, 7) is 1.96. The number of nitrogens with zero attached hydrogens (tertiary/aromatic N) is 4. The molecule has 3 aromatic rings. The number of likely N-dealkylation sites (tertiary alicyclic amines) is 1. The lowest BCUT2D eigenvalue weighted by atomic mass is 9.96. The van der Waals surface area contributed by atoms with Gasteiger partial charge in [0.15, 0.2) is 5.82 Å². The van der Waals surface area contributed by atoms with Gasteiger partial charge in [0.05, 0.1) is 7.11 Å². The Balaban J connectivity index is 1.48. The van der Waals surface area contributed by atoms with Gasteiger partial charge in [0.25, 0.3) is 0 Å². The minimum Gasteiger partial charge on any atom is -0.497 e. The Morgan fingerprint density at radius 1 is 1.04 bits per heavy atom. The average molecular weight is 360 g/mol. The molecule has 0 unspecified atom stereocenters. The van der Waals surface area contributed by atoms with E-state index >= 15 is 0 Å². The molecule has 27 heavy (non-hydrogen) atoms. The van der Waals surface area contributed by atoms with Gasteiger partial charge in [0.2, 0.25) is 0 Å². The maximum Gasteiger partial charge on any atom is 0.159 e. The summed E-state index contributed by atoms with van der Waals surface area (Å²) in [6.07, 6.45) is 11.4.